The van der Waals surface area contributed by atoms with E-state index in [9.17, 15) is 4.91 Å². The molecule has 0 saturated carbocycles. The number of rotatable bonds is 12. The van der Waals surface area contributed by atoms with Crippen molar-refractivity contribution in [1.82, 2.24) is 0 Å². The second-order valence-electron chi connectivity index (χ2n) is 8.40. The van der Waals surface area contributed by atoms with E-state index in [1.807, 2.05) is 91.0 Å². The molecule has 7 nitrogen and oxygen atoms in total. The molecule has 1 fully saturated rings. The minimum absolute atomic E-state index is 0.241. The average Bonchev–Trinajstić information content (AvgIpc) is 2.92. The van der Waals surface area contributed by atoms with Crippen LogP contribution in [0.4, 0.5) is 0 Å². The minimum atomic E-state index is -0.894. The first kappa shape index (κ1) is 25.2. The standard InChI is InChI=1S/C28H31NO6/c1-31-28-25(29-30)27(34-19-23-15-9-4-10-16-23)26(33-18-22-13-7-3-8-14-22)24(35-28)20-32-17-21-11-5-2-6-12-21/h2-16,24-28H,17-20H2,1H3/t24-,25-,26+,27-,28+/m1/s1. The zero-order valence-electron chi connectivity index (χ0n) is 19.8. The highest BCUT2D eigenvalue weighted by atomic mass is 16.7. The van der Waals surface area contributed by atoms with Crippen LogP contribution in [0.2, 0.25) is 0 Å². The van der Waals surface area contributed by atoms with E-state index in [0.717, 1.165) is 16.7 Å². The molecule has 7 heteroatoms. The fourth-order valence-corrected chi connectivity index (χ4v) is 4.13. The van der Waals surface area contributed by atoms with Gasteiger partial charge in [0.15, 0.2) is 12.3 Å². The van der Waals surface area contributed by atoms with Gasteiger partial charge >= 0.3 is 0 Å². The molecule has 1 saturated heterocycles. The summed E-state index contributed by atoms with van der Waals surface area (Å²) in [5, 5.41) is 3.32. The van der Waals surface area contributed by atoms with Crippen molar-refractivity contribution in [3.63, 3.8) is 0 Å². The molecular formula is C28H31NO6. The number of hydrogen-bond donors (Lipinski definition) is 0. The van der Waals surface area contributed by atoms with E-state index in [1.54, 1.807) is 0 Å². The van der Waals surface area contributed by atoms with Gasteiger partial charge in [-0.25, -0.2) is 0 Å². The van der Waals surface area contributed by atoms with Gasteiger partial charge in [0.2, 0.25) is 0 Å². The van der Waals surface area contributed by atoms with Gasteiger partial charge in [-0.1, -0.05) is 96.2 Å². The molecule has 1 heterocycles. The van der Waals surface area contributed by atoms with Crippen molar-refractivity contribution < 1.29 is 23.7 Å². The van der Waals surface area contributed by atoms with Gasteiger partial charge < -0.3 is 23.7 Å². The van der Waals surface area contributed by atoms with Gasteiger partial charge in [-0.2, -0.15) is 4.91 Å². The number of nitroso groups, excluding NO2 is 1. The zero-order valence-corrected chi connectivity index (χ0v) is 19.8. The van der Waals surface area contributed by atoms with Crippen LogP contribution in [-0.2, 0) is 43.5 Å². The van der Waals surface area contributed by atoms with Crippen molar-refractivity contribution in [1.29, 1.82) is 0 Å². The van der Waals surface area contributed by atoms with Crippen LogP contribution < -0.4 is 0 Å². The molecule has 3 aromatic carbocycles. The summed E-state index contributed by atoms with van der Waals surface area (Å²) in [4.78, 5) is 11.9. The summed E-state index contributed by atoms with van der Waals surface area (Å²) < 4.78 is 30.2. The van der Waals surface area contributed by atoms with E-state index in [4.69, 9.17) is 23.7 Å². The Morgan fingerprint density at radius 2 is 1.20 bits per heavy atom. The quantitative estimate of drug-likeness (QED) is 0.346. The van der Waals surface area contributed by atoms with E-state index < -0.39 is 30.6 Å². The second kappa shape index (κ2) is 13.2. The fourth-order valence-electron chi connectivity index (χ4n) is 4.13. The lowest BCUT2D eigenvalue weighted by atomic mass is 9.96. The Bertz CT molecular complexity index is 1000. The SMILES string of the molecule is CO[C@H]1O[C@H](COCc2ccccc2)[C@H](OCc2ccccc2)[C@H](OCc2ccccc2)[C@H]1N=O. The summed E-state index contributed by atoms with van der Waals surface area (Å²) >= 11 is 0. The molecule has 0 amide bonds. The largest absolute Gasteiger partial charge is 0.374 e. The highest BCUT2D eigenvalue weighted by Gasteiger charge is 2.49. The van der Waals surface area contributed by atoms with Crippen molar-refractivity contribution >= 4 is 0 Å². The first-order chi connectivity index (χ1) is 17.3. The zero-order chi connectivity index (χ0) is 24.3. The van der Waals surface area contributed by atoms with Crippen LogP contribution in [0.25, 0.3) is 0 Å². The number of nitrogens with zero attached hydrogens (tertiary/aromatic N) is 1. The molecule has 4 rings (SSSR count). The lowest BCUT2D eigenvalue weighted by Crippen LogP contribution is -2.60. The Morgan fingerprint density at radius 3 is 1.69 bits per heavy atom. The van der Waals surface area contributed by atoms with Crippen molar-refractivity contribution in [2.75, 3.05) is 13.7 Å². The van der Waals surface area contributed by atoms with Crippen LogP contribution in [-0.4, -0.2) is 44.4 Å². The highest BCUT2D eigenvalue weighted by Crippen LogP contribution is 2.30. The van der Waals surface area contributed by atoms with Crippen molar-refractivity contribution in [2.24, 2.45) is 5.18 Å². The van der Waals surface area contributed by atoms with Crippen molar-refractivity contribution in [2.45, 2.75) is 50.5 Å². The van der Waals surface area contributed by atoms with Crippen LogP contribution in [0.15, 0.2) is 96.2 Å². The molecule has 0 N–H and O–H groups in total. The van der Waals surface area contributed by atoms with Crippen LogP contribution in [0.5, 0.6) is 0 Å². The average molecular weight is 478 g/mol. The first-order valence-electron chi connectivity index (χ1n) is 11.7. The highest BCUT2D eigenvalue weighted by molar-refractivity contribution is 5.15. The van der Waals surface area contributed by atoms with Gasteiger partial charge in [0, 0.05) is 7.11 Å². The molecule has 0 unspecified atom stereocenters. The third-order valence-electron chi connectivity index (χ3n) is 5.93. The van der Waals surface area contributed by atoms with E-state index in [0.29, 0.717) is 19.8 Å². The first-order valence-corrected chi connectivity index (χ1v) is 11.7. The lowest BCUT2D eigenvalue weighted by Gasteiger charge is -2.43. The molecule has 1 aliphatic rings. The molecule has 0 spiro atoms. The van der Waals surface area contributed by atoms with Gasteiger partial charge in [0.1, 0.15) is 18.3 Å². The van der Waals surface area contributed by atoms with Gasteiger partial charge in [0.05, 0.1) is 26.4 Å². The van der Waals surface area contributed by atoms with Gasteiger partial charge in [-0.15, -0.1) is 0 Å². The Kier molecular flexibility index (Phi) is 9.51. The molecule has 0 aliphatic carbocycles. The maximum Gasteiger partial charge on any atom is 0.186 e. The molecule has 35 heavy (non-hydrogen) atoms. The number of methoxy groups -OCH3 is 1. The molecule has 5 atom stereocenters. The summed E-state index contributed by atoms with van der Waals surface area (Å²) in [5.74, 6) is 0. The molecule has 3 aromatic rings. The van der Waals surface area contributed by atoms with E-state index in [-0.39, 0.29) is 6.61 Å². The molecule has 0 aromatic heterocycles. The predicted molar refractivity (Wildman–Crippen MR) is 131 cm³/mol. The van der Waals surface area contributed by atoms with Gasteiger partial charge in [0.25, 0.3) is 0 Å². The molecule has 0 radical (unpaired) electrons. The maximum absolute atomic E-state index is 11.9. The molecule has 0 bridgehead atoms. The van der Waals surface area contributed by atoms with Gasteiger partial charge in [-0.3, -0.25) is 0 Å². The van der Waals surface area contributed by atoms with E-state index >= 15 is 0 Å². The minimum Gasteiger partial charge on any atom is -0.374 e. The van der Waals surface area contributed by atoms with Crippen LogP contribution >= 0.6 is 0 Å². The summed E-state index contributed by atoms with van der Waals surface area (Å²) in [6, 6.07) is 28.6. The Hall–Kier alpha value is -2.94. The monoisotopic (exact) mass is 477 g/mol. The Morgan fingerprint density at radius 1 is 0.714 bits per heavy atom. The lowest BCUT2D eigenvalue weighted by molar-refractivity contribution is -0.280. The van der Waals surface area contributed by atoms with E-state index in [1.165, 1.54) is 7.11 Å². The van der Waals surface area contributed by atoms with Crippen LogP contribution in [0.1, 0.15) is 16.7 Å². The van der Waals surface area contributed by atoms with Gasteiger partial charge in [-0.05, 0) is 16.7 Å². The summed E-state index contributed by atoms with van der Waals surface area (Å²) in [6.07, 6.45) is -2.66. The maximum atomic E-state index is 11.9. The smallest absolute Gasteiger partial charge is 0.186 e. The summed E-state index contributed by atoms with van der Waals surface area (Å²) in [6.45, 7) is 1.30. The number of ether oxygens (including phenoxy) is 5. The molecular weight excluding hydrogens is 446 g/mol. The third-order valence-corrected chi connectivity index (χ3v) is 5.93. The third kappa shape index (κ3) is 7.04. The van der Waals surface area contributed by atoms with E-state index in [2.05, 4.69) is 5.18 Å². The molecule has 184 valence electrons. The molecule has 1 aliphatic heterocycles. The number of benzene rings is 3. The second-order valence-corrected chi connectivity index (χ2v) is 8.40. The number of hydrogen-bond acceptors (Lipinski definition) is 7. The topological polar surface area (TPSA) is 75.6 Å². The fraction of sp³-hybridized carbons (Fsp3) is 0.357. The van der Waals surface area contributed by atoms with Crippen LogP contribution in [0.3, 0.4) is 0 Å². The predicted octanol–water partition coefficient (Wildman–Crippen LogP) is 4.88. The van der Waals surface area contributed by atoms with Crippen molar-refractivity contribution in [3.05, 3.63) is 113 Å². The normalized spacial score (nSPS) is 24.2. The Balaban J connectivity index is 1.52. The van der Waals surface area contributed by atoms with Crippen molar-refractivity contribution in [3.8, 4) is 0 Å². The van der Waals surface area contributed by atoms with Crippen LogP contribution in [0, 0.1) is 4.91 Å². The summed E-state index contributed by atoms with van der Waals surface area (Å²) in [5.41, 5.74) is 3.04. The Labute approximate surface area is 205 Å². The summed E-state index contributed by atoms with van der Waals surface area (Å²) in [7, 11) is 1.49.